The lowest BCUT2D eigenvalue weighted by Crippen LogP contribution is -2.14. The molecule has 0 aliphatic carbocycles. The first-order valence-electron chi connectivity index (χ1n) is 5.65. The van der Waals surface area contributed by atoms with E-state index in [4.69, 9.17) is 22.5 Å². The highest BCUT2D eigenvalue weighted by atomic mass is 35.5. The Bertz CT molecular complexity index is 587. The molecule has 5 heteroatoms. The first-order valence-corrected chi connectivity index (χ1v) is 7.01. The van der Waals surface area contributed by atoms with Crippen molar-refractivity contribution in [1.82, 2.24) is 0 Å². The molecule has 19 heavy (non-hydrogen) atoms. The Morgan fingerprint density at radius 1 is 1.21 bits per heavy atom. The number of nitrogens with zero attached hydrogens (tertiary/aromatic N) is 1. The lowest BCUT2D eigenvalue weighted by atomic mass is 10.2. The predicted molar refractivity (Wildman–Crippen MR) is 80.0 cm³/mol. The average molecular weight is 293 g/mol. The molecule has 0 amide bonds. The van der Waals surface area contributed by atoms with E-state index in [1.165, 1.54) is 5.56 Å². The van der Waals surface area contributed by atoms with Crippen LogP contribution in [0.1, 0.15) is 11.1 Å². The van der Waals surface area contributed by atoms with Crippen LogP contribution in [-0.4, -0.2) is 11.0 Å². The normalized spacial score (nSPS) is 11.5. The van der Waals surface area contributed by atoms with Crippen LogP contribution < -0.4 is 5.73 Å². The molecule has 2 aromatic rings. The van der Waals surface area contributed by atoms with Gasteiger partial charge >= 0.3 is 0 Å². The molecule has 2 aromatic carbocycles. The number of nitrogens with two attached hydrogens (primary N) is 1. The zero-order valence-corrected chi connectivity index (χ0v) is 11.7. The second-order valence-electron chi connectivity index (χ2n) is 3.90. The standard InChI is InChI=1S/C14H13ClN2OS/c15-11-6-7-12(14(16)17-18)13(8-11)19-9-10-4-2-1-3-5-10/h1-8,18H,9H2,(H2,16,17). The molecule has 0 aliphatic rings. The monoisotopic (exact) mass is 292 g/mol. The van der Waals surface area contributed by atoms with Crippen LogP contribution in [-0.2, 0) is 5.75 Å². The zero-order valence-electron chi connectivity index (χ0n) is 10.1. The van der Waals surface area contributed by atoms with Gasteiger partial charge in [0.15, 0.2) is 5.84 Å². The van der Waals surface area contributed by atoms with Crippen LogP contribution in [0, 0.1) is 0 Å². The van der Waals surface area contributed by atoms with Gasteiger partial charge in [0.25, 0.3) is 0 Å². The molecule has 0 spiro atoms. The fourth-order valence-corrected chi connectivity index (χ4v) is 2.91. The number of oxime groups is 1. The van der Waals surface area contributed by atoms with Crippen molar-refractivity contribution in [3.63, 3.8) is 0 Å². The molecule has 0 fully saturated rings. The van der Waals surface area contributed by atoms with Gasteiger partial charge in [0.05, 0.1) is 0 Å². The number of rotatable bonds is 4. The number of thioether (sulfide) groups is 1. The Hall–Kier alpha value is -1.65. The minimum Gasteiger partial charge on any atom is -0.409 e. The van der Waals surface area contributed by atoms with E-state index < -0.39 is 0 Å². The molecule has 0 bridgehead atoms. The molecule has 0 saturated carbocycles. The van der Waals surface area contributed by atoms with Gasteiger partial charge in [-0.25, -0.2) is 0 Å². The van der Waals surface area contributed by atoms with Crippen LogP contribution in [0.5, 0.6) is 0 Å². The largest absolute Gasteiger partial charge is 0.409 e. The summed E-state index contributed by atoms with van der Waals surface area (Å²) >= 11 is 7.59. The topological polar surface area (TPSA) is 58.6 Å². The van der Waals surface area contributed by atoms with Gasteiger partial charge in [0.2, 0.25) is 0 Å². The third-order valence-corrected chi connectivity index (χ3v) is 3.93. The quantitative estimate of drug-likeness (QED) is 0.297. The second kappa shape index (κ2) is 6.50. The van der Waals surface area contributed by atoms with Crippen molar-refractivity contribution < 1.29 is 5.21 Å². The lowest BCUT2D eigenvalue weighted by Gasteiger charge is -2.08. The first kappa shape index (κ1) is 13.8. The Balaban J connectivity index is 2.21. The number of amidine groups is 1. The fourth-order valence-electron chi connectivity index (χ4n) is 1.62. The molecule has 3 nitrogen and oxygen atoms in total. The highest BCUT2D eigenvalue weighted by Gasteiger charge is 2.08. The maximum Gasteiger partial charge on any atom is 0.171 e. The molecule has 3 N–H and O–H groups in total. The van der Waals surface area contributed by atoms with E-state index in [1.807, 2.05) is 24.3 Å². The van der Waals surface area contributed by atoms with Gasteiger partial charge in [-0.05, 0) is 23.8 Å². The number of hydrogen-bond acceptors (Lipinski definition) is 3. The summed E-state index contributed by atoms with van der Waals surface area (Å²) in [5.41, 5.74) is 7.55. The van der Waals surface area contributed by atoms with Crippen LogP contribution in [0.15, 0.2) is 58.6 Å². The Labute approximate surface area is 121 Å². The van der Waals surface area contributed by atoms with Gasteiger partial charge in [-0.3, -0.25) is 0 Å². The highest BCUT2D eigenvalue weighted by molar-refractivity contribution is 7.98. The van der Waals surface area contributed by atoms with E-state index in [0.717, 1.165) is 10.6 Å². The number of halogens is 1. The van der Waals surface area contributed by atoms with Crippen molar-refractivity contribution in [3.8, 4) is 0 Å². The van der Waals surface area contributed by atoms with Crippen molar-refractivity contribution in [2.75, 3.05) is 0 Å². The average Bonchev–Trinajstić information content (AvgIpc) is 2.45. The van der Waals surface area contributed by atoms with Gasteiger partial charge < -0.3 is 10.9 Å². The van der Waals surface area contributed by atoms with E-state index in [-0.39, 0.29) is 5.84 Å². The molecule has 0 radical (unpaired) electrons. The van der Waals surface area contributed by atoms with Crippen LogP contribution >= 0.6 is 23.4 Å². The molecule has 0 atom stereocenters. The summed E-state index contributed by atoms with van der Waals surface area (Å²) in [5.74, 6) is 0.889. The molecule has 0 saturated heterocycles. The Morgan fingerprint density at radius 3 is 2.63 bits per heavy atom. The van der Waals surface area contributed by atoms with E-state index in [2.05, 4.69) is 17.3 Å². The Morgan fingerprint density at radius 2 is 1.95 bits per heavy atom. The molecular weight excluding hydrogens is 280 g/mol. The minimum atomic E-state index is 0.0900. The van der Waals surface area contributed by atoms with Gasteiger partial charge in [-0.2, -0.15) is 0 Å². The molecule has 0 aliphatic heterocycles. The summed E-state index contributed by atoms with van der Waals surface area (Å²) in [6.07, 6.45) is 0. The van der Waals surface area contributed by atoms with Crippen LogP contribution in [0.4, 0.5) is 0 Å². The third kappa shape index (κ3) is 3.66. The number of benzene rings is 2. The van der Waals surface area contributed by atoms with E-state index in [0.29, 0.717) is 10.6 Å². The van der Waals surface area contributed by atoms with Crippen LogP contribution in [0.25, 0.3) is 0 Å². The van der Waals surface area contributed by atoms with Gasteiger partial charge in [-0.1, -0.05) is 47.1 Å². The van der Waals surface area contributed by atoms with E-state index in [1.54, 1.807) is 23.9 Å². The SMILES string of the molecule is NC(=NO)c1ccc(Cl)cc1SCc1ccccc1. The summed E-state index contributed by atoms with van der Waals surface area (Å²) in [6.45, 7) is 0. The predicted octanol–water partition coefficient (Wildman–Crippen LogP) is 3.73. The second-order valence-corrected chi connectivity index (χ2v) is 5.35. The van der Waals surface area contributed by atoms with Crippen LogP contribution in [0.3, 0.4) is 0 Å². The fraction of sp³-hybridized carbons (Fsp3) is 0.0714. The molecule has 0 heterocycles. The molecule has 2 rings (SSSR count). The van der Waals surface area contributed by atoms with Gasteiger partial charge in [-0.15, -0.1) is 11.8 Å². The Kier molecular flexibility index (Phi) is 4.71. The lowest BCUT2D eigenvalue weighted by molar-refractivity contribution is 0.318. The smallest absolute Gasteiger partial charge is 0.171 e. The zero-order chi connectivity index (χ0) is 13.7. The van der Waals surface area contributed by atoms with Crippen molar-refractivity contribution >= 4 is 29.2 Å². The van der Waals surface area contributed by atoms with Crippen molar-refractivity contribution in [1.29, 1.82) is 0 Å². The van der Waals surface area contributed by atoms with E-state index in [9.17, 15) is 0 Å². The summed E-state index contributed by atoms with van der Waals surface area (Å²) in [6, 6.07) is 15.4. The highest BCUT2D eigenvalue weighted by Crippen LogP contribution is 2.29. The third-order valence-electron chi connectivity index (χ3n) is 2.56. The van der Waals surface area contributed by atoms with Gasteiger partial charge in [0, 0.05) is 21.2 Å². The van der Waals surface area contributed by atoms with Gasteiger partial charge in [0.1, 0.15) is 0 Å². The molecule has 98 valence electrons. The molecule has 0 unspecified atom stereocenters. The minimum absolute atomic E-state index is 0.0900. The molecule has 0 aromatic heterocycles. The maximum atomic E-state index is 8.79. The van der Waals surface area contributed by atoms with Crippen LogP contribution in [0.2, 0.25) is 5.02 Å². The maximum absolute atomic E-state index is 8.79. The summed E-state index contributed by atoms with van der Waals surface area (Å²) in [4.78, 5) is 0.895. The van der Waals surface area contributed by atoms with Crippen molar-refractivity contribution in [2.45, 2.75) is 10.6 Å². The summed E-state index contributed by atoms with van der Waals surface area (Å²) in [7, 11) is 0. The number of hydrogen-bond donors (Lipinski definition) is 2. The first-order chi connectivity index (χ1) is 9.20. The van der Waals surface area contributed by atoms with E-state index >= 15 is 0 Å². The summed E-state index contributed by atoms with van der Waals surface area (Å²) in [5, 5.41) is 12.5. The molecular formula is C14H13ClN2OS. The van der Waals surface area contributed by atoms with Crippen molar-refractivity contribution in [3.05, 3.63) is 64.7 Å². The van der Waals surface area contributed by atoms with Crippen molar-refractivity contribution in [2.24, 2.45) is 10.9 Å². The summed E-state index contributed by atoms with van der Waals surface area (Å²) < 4.78 is 0.